The minimum atomic E-state index is -2.74. The lowest BCUT2D eigenvalue weighted by Gasteiger charge is -2.45. The summed E-state index contributed by atoms with van der Waals surface area (Å²) in [6.07, 6.45) is -0.425. The average molecular weight is 456 g/mol. The van der Waals surface area contributed by atoms with Gasteiger partial charge in [0.05, 0.1) is 25.4 Å². The monoisotopic (exact) mass is 455 g/mol. The number of nitrogens with zero attached hydrogens (tertiary/aromatic N) is 1. The van der Waals surface area contributed by atoms with E-state index in [4.69, 9.17) is 9.16 Å². The standard InChI is InChI=1S/C26H37NO4Si/c1-21(24(28)15-16-25(29)27-17-19-30-20-18-27)31-32(26(2,3)4,22-11-7-5-8-12-22)23-13-9-6-10-14-23/h5-14,21,24,28H,15-20H2,1-4H3. The van der Waals surface area contributed by atoms with Crippen LogP contribution in [0.5, 0.6) is 0 Å². The second-order valence-electron chi connectivity index (χ2n) is 9.59. The Hall–Kier alpha value is -1.99. The first-order valence-corrected chi connectivity index (χ1v) is 13.5. The van der Waals surface area contributed by atoms with Crippen molar-refractivity contribution in [2.45, 2.75) is 57.8 Å². The number of hydrogen-bond acceptors (Lipinski definition) is 4. The number of hydrogen-bond donors (Lipinski definition) is 1. The molecule has 1 N–H and O–H groups in total. The Morgan fingerprint density at radius 2 is 1.53 bits per heavy atom. The molecule has 32 heavy (non-hydrogen) atoms. The van der Waals surface area contributed by atoms with Crippen LogP contribution in [-0.2, 0) is 14.0 Å². The van der Waals surface area contributed by atoms with Crippen molar-refractivity contribution >= 4 is 24.6 Å². The molecule has 1 heterocycles. The van der Waals surface area contributed by atoms with E-state index in [1.165, 1.54) is 10.4 Å². The third-order valence-electron chi connectivity index (χ3n) is 6.34. The van der Waals surface area contributed by atoms with Crippen LogP contribution in [0.15, 0.2) is 60.7 Å². The lowest BCUT2D eigenvalue weighted by molar-refractivity contribution is -0.136. The van der Waals surface area contributed by atoms with Crippen LogP contribution in [0.1, 0.15) is 40.5 Å². The summed E-state index contributed by atoms with van der Waals surface area (Å²) in [7, 11) is -2.74. The Kier molecular flexibility index (Phi) is 8.28. The molecule has 1 aliphatic rings. The van der Waals surface area contributed by atoms with Gasteiger partial charge in [0.2, 0.25) is 5.91 Å². The molecule has 3 rings (SSSR count). The Morgan fingerprint density at radius 1 is 1.03 bits per heavy atom. The predicted octanol–water partition coefficient (Wildman–Crippen LogP) is 2.95. The molecule has 174 valence electrons. The van der Waals surface area contributed by atoms with Crippen molar-refractivity contribution in [1.82, 2.24) is 4.90 Å². The first-order chi connectivity index (χ1) is 15.3. The van der Waals surface area contributed by atoms with Gasteiger partial charge in [0.25, 0.3) is 8.32 Å². The minimum absolute atomic E-state index is 0.0741. The zero-order chi connectivity index (χ0) is 23.2. The van der Waals surface area contributed by atoms with Crippen molar-refractivity contribution < 1.29 is 19.1 Å². The summed E-state index contributed by atoms with van der Waals surface area (Å²) in [5.41, 5.74) is 0. The number of aliphatic hydroxyl groups excluding tert-OH is 1. The molecule has 2 atom stereocenters. The number of ether oxygens (including phenoxy) is 1. The quantitative estimate of drug-likeness (QED) is 0.622. The van der Waals surface area contributed by atoms with Crippen LogP contribution < -0.4 is 10.4 Å². The molecule has 0 bridgehead atoms. The highest BCUT2D eigenvalue weighted by atomic mass is 28.4. The summed E-state index contributed by atoms with van der Waals surface area (Å²) in [4.78, 5) is 14.4. The molecule has 0 aromatic heterocycles. The molecule has 1 amide bonds. The number of carbonyl (C=O) groups is 1. The number of morpholine rings is 1. The van der Waals surface area contributed by atoms with Gasteiger partial charge >= 0.3 is 0 Å². The highest BCUT2D eigenvalue weighted by Crippen LogP contribution is 2.38. The largest absolute Gasteiger partial charge is 0.402 e. The van der Waals surface area contributed by atoms with E-state index in [9.17, 15) is 9.90 Å². The van der Waals surface area contributed by atoms with E-state index in [0.29, 0.717) is 39.1 Å². The first kappa shape index (κ1) is 24.6. The normalized spacial score (nSPS) is 17.1. The molecule has 0 radical (unpaired) electrons. The van der Waals surface area contributed by atoms with Crippen LogP contribution >= 0.6 is 0 Å². The molecule has 1 aliphatic heterocycles. The summed E-state index contributed by atoms with van der Waals surface area (Å²) in [6, 6.07) is 20.8. The van der Waals surface area contributed by atoms with Crippen LogP contribution in [0.2, 0.25) is 5.04 Å². The van der Waals surface area contributed by atoms with E-state index < -0.39 is 20.5 Å². The van der Waals surface area contributed by atoms with Gasteiger partial charge in [-0.1, -0.05) is 81.4 Å². The third kappa shape index (κ3) is 5.49. The van der Waals surface area contributed by atoms with Crippen LogP contribution in [0.3, 0.4) is 0 Å². The first-order valence-electron chi connectivity index (χ1n) is 11.6. The number of benzene rings is 2. The Labute approximate surface area is 193 Å². The van der Waals surface area contributed by atoms with Gasteiger partial charge in [0.15, 0.2) is 0 Å². The van der Waals surface area contributed by atoms with E-state index in [1.54, 1.807) is 0 Å². The molecule has 0 saturated carbocycles. The van der Waals surface area contributed by atoms with Crippen LogP contribution in [0.4, 0.5) is 0 Å². The molecular formula is C26H37NO4Si. The van der Waals surface area contributed by atoms with Crippen molar-refractivity contribution in [3.63, 3.8) is 0 Å². The maximum absolute atomic E-state index is 12.5. The zero-order valence-corrected chi connectivity index (χ0v) is 20.8. The van der Waals surface area contributed by atoms with Crippen LogP contribution in [-0.4, -0.2) is 62.7 Å². The molecule has 1 saturated heterocycles. The van der Waals surface area contributed by atoms with Crippen LogP contribution in [0, 0.1) is 0 Å². The molecule has 6 heteroatoms. The second kappa shape index (κ2) is 10.7. The Morgan fingerprint density at radius 3 is 2.00 bits per heavy atom. The van der Waals surface area contributed by atoms with Crippen molar-refractivity contribution in [3.8, 4) is 0 Å². The van der Waals surface area contributed by atoms with Gasteiger partial charge in [-0.25, -0.2) is 0 Å². The predicted molar refractivity (Wildman–Crippen MR) is 131 cm³/mol. The number of amides is 1. The molecule has 0 spiro atoms. The Balaban J connectivity index is 1.82. The maximum Gasteiger partial charge on any atom is 0.261 e. The van der Waals surface area contributed by atoms with Gasteiger partial charge in [-0.2, -0.15) is 0 Å². The molecule has 1 fully saturated rings. The highest BCUT2D eigenvalue weighted by Gasteiger charge is 2.51. The summed E-state index contributed by atoms with van der Waals surface area (Å²) in [5.74, 6) is 0.0741. The summed E-state index contributed by atoms with van der Waals surface area (Å²) < 4.78 is 12.3. The van der Waals surface area contributed by atoms with E-state index in [1.807, 2.05) is 24.0 Å². The molecule has 2 aromatic carbocycles. The number of rotatable bonds is 8. The van der Waals surface area contributed by atoms with E-state index in [0.717, 1.165) is 0 Å². The lowest BCUT2D eigenvalue weighted by Crippen LogP contribution is -2.68. The van der Waals surface area contributed by atoms with Gasteiger partial charge in [-0.3, -0.25) is 4.79 Å². The van der Waals surface area contributed by atoms with Gasteiger partial charge in [0, 0.05) is 19.5 Å². The summed E-state index contributed by atoms with van der Waals surface area (Å²) in [5, 5.41) is 13.2. The third-order valence-corrected chi connectivity index (χ3v) is 11.5. The summed E-state index contributed by atoms with van der Waals surface area (Å²) >= 11 is 0. The minimum Gasteiger partial charge on any atom is -0.402 e. The van der Waals surface area contributed by atoms with E-state index >= 15 is 0 Å². The molecule has 0 aliphatic carbocycles. The van der Waals surface area contributed by atoms with Crippen molar-refractivity contribution in [2.24, 2.45) is 0 Å². The Bertz CT molecular complexity index is 808. The zero-order valence-electron chi connectivity index (χ0n) is 19.8. The second-order valence-corrected chi connectivity index (χ2v) is 13.8. The van der Waals surface area contributed by atoms with Crippen molar-refractivity contribution in [2.75, 3.05) is 26.3 Å². The molecular weight excluding hydrogens is 418 g/mol. The molecule has 5 nitrogen and oxygen atoms in total. The molecule has 2 unspecified atom stereocenters. The van der Waals surface area contributed by atoms with Gasteiger partial charge in [0.1, 0.15) is 0 Å². The topological polar surface area (TPSA) is 59.0 Å². The maximum atomic E-state index is 12.5. The number of carbonyl (C=O) groups excluding carboxylic acids is 1. The molecule has 2 aromatic rings. The van der Waals surface area contributed by atoms with Gasteiger partial charge < -0.3 is 19.2 Å². The fourth-order valence-corrected chi connectivity index (χ4v) is 9.26. The smallest absolute Gasteiger partial charge is 0.261 e. The highest BCUT2D eigenvalue weighted by molar-refractivity contribution is 6.99. The average Bonchev–Trinajstić information content (AvgIpc) is 2.81. The number of aliphatic hydroxyl groups is 1. The lowest BCUT2D eigenvalue weighted by atomic mass is 10.1. The van der Waals surface area contributed by atoms with Gasteiger partial charge in [-0.05, 0) is 28.8 Å². The SMILES string of the molecule is CC(O[Si](c1ccccc1)(c1ccccc1)C(C)(C)C)C(O)CCC(=O)N1CCOCC1. The van der Waals surface area contributed by atoms with Crippen molar-refractivity contribution in [3.05, 3.63) is 60.7 Å². The van der Waals surface area contributed by atoms with Crippen molar-refractivity contribution in [1.29, 1.82) is 0 Å². The summed E-state index contributed by atoms with van der Waals surface area (Å²) in [6.45, 7) is 11.0. The van der Waals surface area contributed by atoms with E-state index in [-0.39, 0.29) is 10.9 Å². The van der Waals surface area contributed by atoms with Gasteiger partial charge in [-0.15, -0.1) is 0 Å². The fraction of sp³-hybridized carbons (Fsp3) is 0.500. The fourth-order valence-electron chi connectivity index (χ4n) is 4.53. The van der Waals surface area contributed by atoms with Crippen LogP contribution in [0.25, 0.3) is 0 Å². The van der Waals surface area contributed by atoms with E-state index in [2.05, 4.69) is 69.3 Å².